The van der Waals surface area contributed by atoms with E-state index in [0.717, 1.165) is 12.5 Å². The van der Waals surface area contributed by atoms with Gasteiger partial charge in [0.1, 0.15) is 0 Å². The number of nitrogens with zero attached hydrogens (tertiary/aromatic N) is 1. The van der Waals surface area contributed by atoms with Crippen molar-refractivity contribution in [1.29, 1.82) is 0 Å². The SMILES string of the molecule is C#CC(CCC)NS(=O)(=O)c1cc(C)c(C)c([N+](=O)[O-])c1. The molecule has 0 aliphatic carbocycles. The summed E-state index contributed by atoms with van der Waals surface area (Å²) in [6, 6.07) is 1.84. The summed E-state index contributed by atoms with van der Waals surface area (Å²) < 4.78 is 27.0. The largest absolute Gasteiger partial charge is 0.273 e. The van der Waals surface area contributed by atoms with Crippen LogP contribution in [0, 0.1) is 36.3 Å². The topological polar surface area (TPSA) is 89.3 Å². The van der Waals surface area contributed by atoms with Gasteiger partial charge in [-0.1, -0.05) is 19.3 Å². The summed E-state index contributed by atoms with van der Waals surface area (Å²) in [5.74, 6) is 2.37. The molecule has 0 spiro atoms. The van der Waals surface area contributed by atoms with Gasteiger partial charge >= 0.3 is 0 Å². The van der Waals surface area contributed by atoms with Crippen LogP contribution in [0.2, 0.25) is 0 Å². The lowest BCUT2D eigenvalue weighted by Gasteiger charge is -2.13. The molecule has 0 aliphatic rings. The predicted molar refractivity (Wildman–Crippen MR) is 80.4 cm³/mol. The summed E-state index contributed by atoms with van der Waals surface area (Å²) in [4.78, 5) is 10.3. The highest BCUT2D eigenvalue weighted by atomic mass is 32.2. The molecular weight excluding hydrogens is 292 g/mol. The van der Waals surface area contributed by atoms with E-state index in [9.17, 15) is 18.5 Å². The molecule has 0 saturated carbocycles. The minimum atomic E-state index is -3.89. The van der Waals surface area contributed by atoms with Crippen molar-refractivity contribution in [3.8, 4) is 12.3 Å². The summed E-state index contributed by atoms with van der Waals surface area (Å²) >= 11 is 0. The molecule has 6 nitrogen and oxygen atoms in total. The number of benzene rings is 1. The molecule has 0 radical (unpaired) electrons. The van der Waals surface area contributed by atoms with Crippen LogP contribution in [0.5, 0.6) is 0 Å². The number of sulfonamides is 1. The first-order valence-electron chi connectivity index (χ1n) is 6.47. The van der Waals surface area contributed by atoms with Crippen LogP contribution in [0.4, 0.5) is 5.69 Å². The zero-order valence-electron chi connectivity index (χ0n) is 12.2. The van der Waals surface area contributed by atoms with Gasteiger partial charge in [0.15, 0.2) is 0 Å². The first-order chi connectivity index (χ1) is 9.72. The number of hydrogen-bond donors (Lipinski definition) is 1. The van der Waals surface area contributed by atoms with Gasteiger partial charge in [-0.05, 0) is 31.9 Å². The fourth-order valence-corrected chi connectivity index (χ4v) is 3.17. The van der Waals surface area contributed by atoms with Gasteiger partial charge in [0.25, 0.3) is 5.69 Å². The Balaban J connectivity index is 3.27. The van der Waals surface area contributed by atoms with E-state index in [2.05, 4.69) is 10.6 Å². The molecule has 1 atom stereocenters. The third-order valence-electron chi connectivity index (χ3n) is 3.20. The van der Waals surface area contributed by atoms with Crippen LogP contribution >= 0.6 is 0 Å². The molecule has 0 bridgehead atoms. The van der Waals surface area contributed by atoms with E-state index in [0.29, 0.717) is 17.5 Å². The van der Waals surface area contributed by atoms with Crippen molar-refractivity contribution >= 4 is 15.7 Å². The monoisotopic (exact) mass is 310 g/mol. The van der Waals surface area contributed by atoms with Gasteiger partial charge in [-0.2, -0.15) is 4.72 Å². The molecule has 0 saturated heterocycles. The van der Waals surface area contributed by atoms with Crippen molar-refractivity contribution in [3.63, 3.8) is 0 Å². The predicted octanol–water partition coefficient (Wildman–Crippen LogP) is 2.29. The minimum absolute atomic E-state index is 0.145. The smallest absolute Gasteiger partial charge is 0.258 e. The van der Waals surface area contributed by atoms with Crippen molar-refractivity contribution in [1.82, 2.24) is 4.72 Å². The van der Waals surface area contributed by atoms with Crippen molar-refractivity contribution in [2.45, 2.75) is 44.6 Å². The maximum absolute atomic E-state index is 12.3. The Morgan fingerprint density at radius 2 is 2.05 bits per heavy atom. The second-order valence-corrected chi connectivity index (χ2v) is 6.48. The number of nitro benzene ring substituents is 1. The lowest BCUT2D eigenvalue weighted by Crippen LogP contribution is -2.33. The quantitative estimate of drug-likeness (QED) is 0.496. The Hall–Kier alpha value is -1.91. The van der Waals surface area contributed by atoms with Crippen LogP contribution in [0.3, 0.4) is 0 Å². The summed E-state index contributed by atoms with van der Waals surface area (Å²) in [7, 11) is -3.89. The van der Waals surface area contributed by atoms with Crippen molar-refractivity contribution in [2.75, 3.05) is 0 Å². The van der Waals surface area contributed by atoms with Gasteiger partial charge in [0.05, 0.1) is 15.9 Å². The van der Waals surface area contributed by atoms with Crippen LogP contribution in [0.25, 0.3) is 0 Å². The van der Waals surface area contributed by atoms with Gasteiger partial charge in [-0.25, -0.2) is 8.42 Å². The number of nitrogens with one attached hydrogen (secondary N) is 1. The lowest BCUT2D eigenvalue weighted by atomic mass is 10.1. The normalized spacial score (nSPS) is 12.7. The van der Waals surface area contributed by atoms with E-state index in [4.69, 9.17) is 6.42 Å². The Kier molecular flexibility index (Phi) is 5.47. The third-order valence-corrected chi connectivity index (χ3v) is 4.65. The molecule has 21 heavy (non-hydrogen) atoms. The molecule has 0 amide bonds. The molecule has 1 aromatic carbocycles. The van der Waals surface area contributed by atoms with E-state index in [-0.39, 0.29) is 10.6 Å². The van der Waals surface area contributed by atoms with E-state index >= 15 is 0 Å². The zero-order chi connectivity index (χ0) is 16.2. The second-order valence-electron chi connectivity index (χ2n) is 4.77. The third kappa shape index (κ3) is 4.03. The molecular formula is C14H18N2O4S. The number of rotatable bonds is 6. The molecule has 0 aliphatic heterocycles. The standard InChI is InChI=1S/C14H18N2O4S/c1-5-7-12(6-2)15-21(19,20)13-8-10(3)11(4)14(9-13)16(17)18/h2,8-9,12,15H,5,7H2,1,3-4H3. The molecule has 1 unspecified atom stereocenters. The van der Waals surface area contributed by atoms with Gasteiger partial charge in [0.2, 0.25) is 10.0 Å². The highest BCUT2D eigenvalue weighted by Gasteiger charge is 2.23. The van der Waals surface area contributed by atoms with Crippen molar-refractivity contribution in [2.24, 2.45) is 0 Å². The van der Waals surface area contributed by atoms with Gasteiger partial charge < -0.3 is 0 Å². The second kappa shape index (κ2) is 6.70. The highest BCUT2D eigenvalue weighted by Crippen LogP contribution is 2.26. The maximum atomic E-state index is 12.3. The first kappa shape index (κ1) is 17.1. The molecule has 0 aromatic heterocycles. The van der Waals surface area contributed by atoms with Gasteiger partial charge in [0, 0.05) is 11.6 Å². The molecule has 0 heterocycles. The van der Waals surface area contributed by atoms with Gasteiger partial charge in [-0.15, -0.1) is 6.42 Å². The first-order valence-corrected chi connectivity index (χ1v) is 7.95. The average Bonchev–Trinajstić information content (AvgIpc) is 2.40. The van der Waals surface area contributed by atoms with E-state index in [1.165, 1.54) is 6.07 Å². The van der Waals surface area contributed by atoms with Crippen LogP contribution in [0.1, 0.15) is 30.9 Å². The van der Waals surface area contributed by atoms with Crippen LogP contribution in [-0.2, 0) is 10.0 Å². The molecule has 1 aromatic rings. The molecule has 114 valence electrons. The molecule has 7 heteroatoms. The summed E-state index contributed by atoms with van der Waals surface area (Å²) in [6.45, 7) is 5.10. The van der Waals surface area contributed by atoms with Crippen LogP contribution in [0.15, 0.2) is 17.0 Å². The Bertz CT molecular complexity index is 690. The van der Waals surface area contributed by atoms with E-state index in [1.807, 2.05) is 6.92 Å². The molecule has 1 N–H and O–H groups in total. The highest BCUT2D eigenvalue weighted by molar-refractivity contribution is 7.89. The van der Waals surface area contributed by atoms with E-state index in [1.54, 1.807) is 13.8 Å². The number of nitro groups is 1. The summed E-state index contributed by atoms with van der Waals surface area (Å²) in [5.41, 5.74) is 0.765. The maximum Gasteiger partial charge on any atom is 0.273 e. The average molecular weight is 310 g/mol. The van der Waals surface area contributed by atoms with Crippen LogP contribution < -0.4 is 4.72 Å². The number of terminal acetylenes is 1. The number of hydrogen-bond acceptors (Lipinski definition) is 4. The minimum Gasteiger partial charge on any atom is -0.258 e. The van der Waals surface area contributed by atoms with Crippen molar-refractivity contribution < 1.29 is 13.3 Å². The summed E-state index contributed by atoms with van der Waals surface area (Å²) in [5, 5.41) is 11.0. The molecule has 1 rings (SSSR count). The Labute approximate surface area is 124 Å². The van der Waals surface area contributed by atoms with E-state index < -0.39 is 21.0 Å². The van der Waals surface area contributed by atoms with Crippen molar-refractivity contribution in [3.05, 3.63) is 33.4 Å². The molecule has 0 fully saturated rings. The fraction of sp³-hybridized carbons (Fsp3) is 0.429. The fourth-order valence-electron chi connectivity index (χ4n) is 1.87. The van der Waals surface area contributed by atoms with Gasteiger partial charge in [-0.3, -0.25) is 10.1 Å². The number of aryl methyl sites for hydroxylation is 1. The van der Waals surface area contributed by atoms with Crippen LogP contribution in [-0.4, -0.2) is 19.4 Å². The zero-order valence-corrected chi connectivity index (χ0v) is 13.0. The lowest BCUT2D eigenvalue weighted by molar-refractivity contribution is -0.385. The Morgan fingerprint density at radius 3 is 2.52 bits per heavy atom. The Morgan fingerprint density at radius 1 is 1.43 bits per heavy atom. The summed E-state index contributed by atoms with van der Waals surface area (Å²) in [6.07, 6.45) is 6.52.